The van der Waals surface area contributed by atoms with Gasteiger partial charge in [0.1, 0.15) is 23.9 Å². The first kappa shape index (κ1) is 30.3. The summed E-state index contributed by atoms with van der Waals surface area (Å²) < 4.78 is 5.25. The third-order valence-electron chi connectivity index (χ3n) is 5.45. The Morgan fingerprint density at radius 3 is 2.11 bits per heavy atom. The zero-order chi connectivity index (χ0) is 26.3. The van der Waals surface area contributed by atoms with Gasteiger partial charge in [-0.3, -0.25) is 9.59 Å². The van der Waals surface area contributed by atoms with Crippen molar-refractivity contribution in [2.75, 3.05) is 19.6 Å². The van der Waals surface area contributed by atoms with Crippen LogP contribution in [0.25, 0.3) is 0 Å². The molecular formula is C27H45N3O5. The third kappa shape index (κ3) is 12.5. The number of amides is 3. The normalized spacial score (nSPS) is 12.0. The third-order valence-corrected chi connectivity index (χ3v) is 5.45. The molecule has 0 saturated carbocycles. The van der Waals surface area contributed by atoms with Gasteiger partial charge in [0.05, 0.1) is 0 Å². The first-order valence-electron chi connectivity index (χ1n) is 12.9. The first-order chi connectivity index (χ1) is 16.6. The Morgan fingerprint density at radius 1 is 0.914 bits per heavy atom. The molecule has 0 aliphatic heterocycles. The zero-order valence-electron chi connectivity index (χ0n) is 22.2. The van der Waals surface area contributed by atoms with Gasteiger partial charge >= 0.3 is 6.09 Å². The summed E-state index contributed by atoms with van der Waals surface area (Å²) in [5.41, 5.74) is -0.0750. The summed E-state index contributed by atoms with van der Waals surface area (Å²) in [5.74, 6) is -0.556. The molecule has 1 unspecified atom stereocenters. The molecule has 0 aliphatic rings. The molecule has 0 radical (unpaired) electrons. The van der Waals surface area contributed by atoms with Gasteiger partial charge in [-0.05, 0) is 51.3 Å². The second-order valence-electron chi connectivity index (χ2n) is 9.85. The maximum Gasteiger partial charge on any atom is 0.408 e. The van der Waals surface area contributed by atoms with Gasteiger partial charge in [-0.15, -0.1) is 0 Å². The van der Waals surface area contributed by atoms with Crippen LogP contribution in [-0.4, -0.2) is 53.1 Å². The molecule has 198 valence electrons. The molecule has 0 heterocycles. The van der Waals surface area contributed by atoms with Gasteiger partial charge < -0.3 is 25.4 Å². The number of phenols is 1. The van der Waals surface area contributed by atoms with Crippen LogP contribution in [0.15, 0.2) is 24.3 Å². The van der Waals surface area contributed by atoms with Crippen LogP contribution in [0, 0.1) is 0 Å². The lowest BCUT2D eigenvalue weighted by molar-refractivity contribution is -0.140. The Labute approximate surface area is 210 Å². The van der Waals surface area contributed by atoms with E-state index in [0.717, 1.165) is 51.4 Å². The molecular weight excluding hydrogens is 446 g/mol. The van der Waals surface area contributed by atoms with Crippen LogP contribution < -0.4 is 10.6 Å². The van der Waals surface area contributed by atoms with Gasteiger partial charge in [-0.2, -0.15) is 0 Å². The Hall–Kier alpha value is -2.77. The highest BCUT2D eigenvalue weighted by Gasteiger charge is 2.31. The van der Waals surface area contributed by atoms with Gasteiger partial charge in [0.15, 0.2) is 0 Å². The molecule has 0 fully saturated rings. The molecule has 0 aromatic heterocycles. The summed E-state index contributed by atoms with van der Waals surface area (Å²) in [6, 6.07) is 5.47. The first-order valence-corrected chi connectivity index (χ1v) is 12.9. The number of hydrogen-bond acceptors (Lipinski definition) is 5. The molecule has 0 saturated heterocycles. The standard InChI is InChI=1S/C27H45N3O5/c1-6-8-10-11-13-19-30(23(32)20-29-26(34)35-27(3,4)5)24(21-14-16-22(31)17-15-21)25(33)28-18-12-9-7-2/h14-17,24,31H,6-13,18-20H2,1-5H3,(H,28,33)(H,29,34). The van der Waals surface area contributed by atoms with Crippen molar-refractivity contribution >= 4 is 17.9 Å². The molecule has 8 nitrogen and oxygen atoms in total. The van der Waals surface area contributed by atoms with Gasteiger partial charge in [0, 0.05) is 13.1 Å². The number of ether oxygens (including phenoxy) is 1. The van der Waals surface area contributed by atoms with Crippen molar-refractivity contribution in [2.45, 2.75) is 97.6 Å². The lowest BCUT2D eigenvalue weighted by atomic mass is 10.0. The minimum absolute atomic E-state index is 0.0832. The van der Waals surface area contributed by atoms with E-state index >= 15 is 0 Å². The van der Waals surface area contributed by atoms with E-state index in [1.807, 2.05) is 0 Å². The summed E-state index contributed by atoms with van der Waals surface area (Å²) >= 11 is 0. The minimum atomic E-state index is -0.865. The Bertz CT molecular complexity index is 774. The molecule has 3 amide bonds. The molecule has 0 aliphatic carbocycles. The van der Waals surface area contributed by atoms with Crippen molar-refractivity contribution in [3.05, 3.63) is 29.8 Å². The van der Waals surface area contributed by atoms with Crippen molar-refractivity contribution < 1.29 is 24.2 Å². The molecule has 0 spiro atoms. The molecule has 1 aromatic rings. The maximum atomic E-state index is 13.3. The van der Waals surface area contributed by atoms with Crippen molar-refractivity contribution in [1.82, 2.24) is 15.5 Å². The number of carbonyl (C=O) groups is 3. The van der Waals surface area contributed by atoms with Gasteiger partial charge in [-0.1, -0.05) is 64.5 Å². The van der Waals surface area contributed by atoms with E-state index in [1.165, 1.54) is 17.0 Å². The number of nitrogens with zero attached hydrogens (tertiary/aromatic N) is 1. The van der Waals surface area contributed by atoms with Crippen molar-refractivity contribution in [2.24, 2.45) is 0 Å². The second-order valence-corrected chi connectivity index (χ2v) is 9.85. The SMILES string of the molecule is CCCCCCCN(C(=O)CNC(=O)OC(C)(C)C)C(C(=O)NCCCCC)c1ccc(O)cc1. The molecule has 1 rings (SSSR count). The van der Waals surface area contributed by atoms with E-state index in [2.05, 4.69) is 24.5 Å². The summed E-state index contributed by atoms with van der Waals surface area (Å²) in [4.78, 5) is 40.3. The number of hydrogen-bond donors (Lipinski definition) is 3. The molecule has 0 bridgehead atoms. The lowest BCUT2D eigenvalue weighted by Crippen LogP contribution is -2.48. The smallest absolute Gasteiger partial charge is 0.408 e. The predicted molar refractivity (Wildman–Crippen MR) is 138 cm³/mol. The largest absolute Gasteiger partial charge is 0.508 e. The van der Waals surface area contributed by atoms with Gasteiger partial charge in [0.2, 0.25) is 11.8 Å². The maximum absolute atomic E-state index is 13.3. The number of nitrogens with one attached hydrogen (secondary N) is 2. The van der Waals surface area contributed by atoms with E-state index < -0.39 is 17.7 Å². The monoisotopic (exact) mass is 491 g/mol. The predicted octanol–water partition coefficient (Wildman–Crippen LogP) is 5.06. The van der Waals surface area contributed by atoms with Crippen LogP contribution in [0.4, 0.5) is 4.79 Å². The molecule has 3 N–H and O–H groups in total. The van der Waals surface area contributed by atoms with Crippen molar-refractivity contribution in [3.8, 4) is 5.75 Å². The Kier molecular flexibility index (Phi) is 13.8. The lowest BCUT2D eigenvalue weighted by Gasteiger charge is -2.32. The fraction of sp³-hybridized carbons (Fsp3) is 0.667. The van der Waals surface area contributed by atoms with Gasteiger partial charge in [-0.25, -0.2) is 4.79 Å². The average molecular weight is 492 g/mol. The van der Waals surface area contributed by atoms with Crippen molar-refractivity contribution in [3.63, 3.8) is 0 Å². The fourth-order valence-corrected chi connectivity index (χ4v) is 3.66. The molecule has 1 aromatic carbocycles. The summed E-state index contributed by atoms with van der Waals surface area (Å²) in [6.07, 6.45) is 7.19. The Balaban J connectivity index is 3.10. The number of aromatic hydroxyl groups is 1. The van der Waals surface area contributed by atoms with E-state index in [1.54, 1.807) is 32.9 Å². The molecule has 8 heteroatoms. The van der Waals surface area contributed by atoms with Crippen LogP contribution >= 0.6 is 0 Å². The number of unbranched alkanes of at least 4 members (excludes halogenated alkanes) is 6. The summed E-state index contributed by atoms with van der Waals surface area (Å²) in [5, 5.41) is 15.2. The van der Waals surface area contributed by atoms with Crippen LogP contribution in [0.5, 0.6) is 5.75 Å². The van der Waals surface area contributed by atoms with Gasteiger partial charge in [0.25, 0.3) is 0 Å². The fourth-order valence-electron chi connectivity index (χ4n) is 3.66. The highest BCUT2D eigenvalue weighted by atomic mass is 16.6. The summed E-state index contributed by atoms with van der Waals surface area (Å²) in [6.45, 7) is 10.1. The van der Waals surface area contributed by atoms with Crippen LogP contribution in [0.1, 0.15) is 97.6 Å². The topological polar surface area (TPSA) is 108 Å². The van der Waals surface area contributed by atoms with Crippen molar-refractivity contribution in [1.29, 1.82) is 0 Å². The summed E-state index contributed by atoms with van der Waals surface area (Å²) in [7, 11) is 0. The number of benzene rings is 1. The number of rotatable bonds is 15. The Morgan fingerprint density at radius 2 is 1.51 bits per heavy atom. The highest BCUT2D eigenvalue weighted by molar-refractivity contribution is 5.90. The van der Waals surface area contributed by atoms with Crippen LogP contribution in [0.3, 0.4) is 0 Å². The number of phenolic OH excluding ortho intramolecular Hbond substituents is 1. The van der Waals surface area contributed by atoms with Crippen LogP contribution in [-0.2, 0) is 14.3 Å². The van der Waals surface area contributed by atoms with E-state index in [9.17, 15) is 19.5 Å². The molecule has 1 atom stereocenters. The number of alkyl carbamates (subject to hydrolysis) is 1. The number of carbonyl (C=O) groups excluding carboxylic acids is 3. The van der Waals surface area contributed by atoms with E-state index in [0.29, 0.717) is 18.7 Å². The van der Waals surface area contributed by atoms with E-state index in [-0.39, 0.29) is 24.1 Å². The van der Waals surface area contributed by atoms with E-state index in [4.69, 9.17) is 4.74 Å². The second kappa shape index (κ2) is 16.0. The van der Waals surface area contributed by atoms with Crippen LogP contribution in [0.2, 0.25) is 0 Å². The zero-order valence-corrected chi connectivity index (χ0v) is 22.2. The quantitative estimate of drug-likeness (QED) is 0.297. The molecule has 35 heavy (non-hydrogen) atoms. The highest BCUT2D eigenvalue weighted by Crippen LogP contribution is 2.24. The average Bonchev–Trinajstić information content (AvgIpc) is 2.79. The minimum Gasteiger partial charge on any atom is -0.508 e.